The number of aliphatic hydroxyl groups is 1. The van der Waals surface area contributed by atoms with Crippen LogP contribution < -0.4 is 5.73 Å². The van der Waals surface area contributed by atoms with Crippen LogP contribution in [0.2, 0.25) is 0 Å². The van der Waals surface area contributed by atoms with E-state index in [0.29, 0.717) is 31.6 Å². The van der Waals surface area contributed by atoms with Gasteiger partial charge in [-0.3, -0.25) is 4.79 Å². The molecule has 0 aliphatic carbocycles. The third-order valence-corrected chi connectivity index (χ3v) is 3.25. The van der Waals surface area contributed by atoms with E-state index in [9.17, 15) is 9.90 Å². The van der Waals surface area contributed by atoms with Crippen molar-refractivity contribution in [3.05, 3.63) is 34.9 Å². The largest absolute Gasteiger partial charge is 0.391 e. The maximum Gasteiger partial charge on any atom is 0.254 e. The van der Waals surface area contributed by atoms with Crippen LogP contribution in [0.4, 0.5) is 0 Å². The smallest absolute Gasteiger partial charge is 0.254 e. The van der Waals surface area contributed by atoms with Crippen LogP contribution in [0.15, 0.2) is 18.2 Å². The Morgan fingerprint density at radius 3 is 3.00 bits per heavy atom. The first-order valence-electron chi connectivity index (χ1n) is 6.38. The highest BCUT2D eigenvalue weighted by Gasteiger charge is 2.26. The summed E-state index contributed by atoms with van der Waals surface area (Å²) >= 11 is 0. The number of hydrogen-bond acceptors (Lipinski definition) is 3. The van der Waals surface area contributed by atoms with Gasteiger partial charge < -0.3 is 15.7 Å². The summed E-state index contributed by atoms with van der Waals surface area (Å²) in [6.07, 6.45) is 0.252. The van der Waals surface area contributed by atoms with Crippen LogP contribution in [0.25, 0.3) is 0 Å². The number of rotatable bonds is 1. The molecular formula is C15H18N2O2. The summed E-state index contributed by atoms with van der Waals surface area (Å²) in [6.45, 7) is 3.23. The molecule has 19 heavy (non-hydrogen) atoms. The molecule has 1 aliphatic heterocycles. The predicted octanol–water partition coefficient (Wildman–Crippen LogP) is 0.512. The van der Waals surface area contributed by atoms with Gasteiger partial charge in [0.1, 0.15) is 0 Å². The van der Waals surface area contributed by atoms with Gasteiger partial charge >= 0.3 is 0 Å². The maximum absolute atomic E-state index is 12.4. The second-order valence-electron chi connectivity index (χ2n) is 4.73. The quantitative estimate of drug-likeness (QED) is 0.721. The summed E-state index contributed by atoms with van der Waals surface area (Å²) in [5.41, 5.74) is 7.71. The molecule has 1 aromatic rings. The van der Waals surface area contributed by atoms with E-state index in [1.165, 1.54) is 0 Å². The number of β-amino-alcohol motifs (C(OH)–C–C–N with tert-alkyl or cyclic N) is 1. The molecule has 1 unspecified atom stereocenters. The summed E-state index contributed by atoms with van der Waals surface area (Å²) in [6, 6.07) is 5.57. The summed E-state index contributed by atoms with van der Waals surface area (Å²) in [4.78, 5) is 14.1. The molecule has 0 bridgehead atoms. The highest BCUT2D eigenvalue weighted by molar-refractivity contribution is 5.96. The predicted molar refractivity (Wildman–Crippen MR) is 73.6 cm³/mol. The number of benzene rings is 1. The number of nitrogens with two attached hydrogens (primary N) is 1. The minimum absolute atomic E-state index is 0.0366. The normalized spacial score (nSPS) is 18.1. The monoisotopic (exact) mass is 258 g/mol. The Balaban J connectivity index is 2.25. The summed E-state index contributed by atoms with van der Waals surface area (Å²) in [5.74, 6) is 5.67. The van der Waals surface area contributed by atoms with E-state index in [4.69, 9.17) is 5.73 Å². The average Bonchev–Trinajstić information content (AvgIpc) is 2.84. The van der Waals surface area contributed by atoms with Gasteiger partial charge in [-0.05, 0) is 31.0 Å². The molecule has 3 N–H and O–H groups in total. The van der Waals surface area contributed by atoms with E-state index in [0.717, 1.165) is 11.1 Å². The van der Waals surface area contributed by atoms with Crippen LogP contribution in [0, 0.1) is 18.8 Å². The first kappa shape index (κ1) is 13.6. The van der Waals surface area contributed by atoms with Crippen molar-refractivity contribution in [2.45, 2.75) is 19.4 Å². The average molecular weight is 258 g/mol. The molecule has 0 saturated carbocycles. The highest BCUT2D eigenvalue weighted by atomic mass is 16.3. The Morgan fingerprint density at radius 2 is 2.37 bits per heavy atom. The van der Waals surface area contributed by atoms with E-state index < -0.39 is 6.10 Å². The van der Waals surface area contributed by atoms with E-state index >= 15 is 0 Å². The standard InChI is InChI=1S/C15H18N2O2/c1-11-4-5-12(3-2-7-16)9-14(11)15(19)17-8-6-13(18)10-17/h4-5,9,13,18H,6-8,10,16H2,1H3. The Hall–Kier alpha value is -1.83. The van der Waals surface area contributed by atoms with Gasteiger partial charge in [0.05, 0.1) is 12.6 Å². The fourth-order valence-electron chi connectivity index (χ4n) is 2.18. The van der Waals surface area contributed by atoms with E-state index in [1.54, 1.807) is 11.0 Å². The minimum atomic E-state index is -0.399. The molecule has 0 spiro atoms. The first-order valence-corrected chi connectivity index (χ1v) is 6.38. The molecule has 4 heteroatoms. The van der Waals surface area contributed by atoms with Crippen molar-refractivity contribution >= 4 is 5.91 Å². The molecule has 0 aromatic heterocycles. The second kappa shape index (κ2) is 5.87. The summed E-state index contributed by atoms with van der Waals surface area (Å²) < 4.78 is 0. The number of nitrogens with zero attached hydrogens (tertiary/aromatic N) is 1. The molecule has 1 heterocycles. The van der Waals surface area contributed by atoms with Gasteiger partial charge in [-0.25, -0.2) is 0 Å². The lowest BCUT2D eigenvalue weighted by molar-refractivity contribution is 0.0764. The van der Waals surface area contributed by atoms with E-state index in [2.05, 4.69) is 11.8 Å². The molecule has 4 nitrogen and oxygen atoms in total. The minimum Gasteiger partial charge on any atom is -0.391 e. The highest BCUT2D eigenvalue weighted by Crippen LogP contribution is 2.17. The molecule has 2 rings (SSSR count). The zero-order valence-electron chi connectivity index (χ0n) is 11.0. The van der Waals surface area contributed by atoms with Crippen molar-refractivity contribution in [2.75, 3.05) is 19.6 Å². The molecule has 1 aliphatic rings. The fraction of sp³-hybridized carbons (Fsp3) is 0.400. The van der Waals surface area contributed by atoms with Gasteiger partial charge in [0, 0.05) is 24.2 Å². The van der Waals surface area contributed by atoms with E-state index in [-0.39, 0.29) is 5.91 Å². The number of hydrogen-bond donors (Lipinski definition) is 2. The molecule has 1 fully saturated rings. The Kier molecular flexibility index (Phi) is 4.20. The molecule has 1 saturated heterocycles. The number of carbonyl (C=O) groups excluding carboxylic acids is 1. The lowest BCUT2D eigenvalue weighted by Gasteiger charge is -2.17. The SMILES string of the molecule is Cc1ccc(C#CCN)cc1C(=O)N1CCC(O)C1. The second-order valence-corrected chi connectivity index (χ2v) is 4.73. The number of carbonyl (C=O) groups is 1. The van der Waals surface area contributed by atoms with Crippen LogP contribution in [-0.2, 0) is 0 Å². The lowest BCUT2D eigenvalue weighted by atomic mass is 10.0. The molecule has 1 atom stereocenters. The van der Waals surface area contributed by atoms with Gasteiger partial charge in [0.15, 0.2) is 0 Å². The van der Waals surface area contributed by atoms with Crippen LogP contribution in [0.1, 0.15) is 27.9 Å². The third kappa shape index (κ3) is 3.14. The third-order valence-electron chi connectivity index (χ3n) is 3.25. The fourth-order valence-corrected chi connectivity index (χ4v) is 2.18. The van der Waals surface area contributed by atoms with Gasteiger partial charge in [-0.15, -0.1) is 0 Å². The zero-order valence-corrected chi connectivity index (χ0v) is 11.0. The van der Waals surface area contributed by atoms with Crippen molar-refractivity contribution < 1.29 is 9.90 Å². The summed E-state index contributed by atoms with van der Waals surface area (Å²) in [5, 5.41) is 9.51. The van der Waals surface area contributed by atoms with Crippen LogP contribution in [-0.4, -0.2) is 41.7 Å². The van der Waals surface area contributed by atoms with Gasteiger partial charge in [0.2, 0.25) is 0 Å². The molecule has 0 radical (unpaired) electrons. The van der Waals surface area contributed by atoms with Crippen molar-refractivity contribution in [1.29, 1.82) is 0 Å². The number of aryl methyl sites for hydroxylation is 1. The van der Waals surface area contributed by atoms with Crippen LogP contribution in [0.5, 0.6) is 0 Å². The maximum atomic E-state index is 12.4. The van der Waals surface area contributed by atoms with Crippen molar-refractivity contribution in [3.63, 3.8) is 0 Å². The van der Waals surface area contributed by atoms with E-state index in [1.807, 2.05) is 19.1 Å². The Bertz CT molecular complexity index is 543. The summed E-state index contributed by atoms with van der Waals surface area (Å²) in [7, 11) is 0. The molecule has 1 aromatic carbocycles. The molecule has 100 valence electrons. The van der Waals surface area contributed by atoms with Crippen molar-refractivity contribution in [1.82, 2.24) is 4.90 Å². The number of likely N-dealkylation sites (tertiary alicyclic amines) is 1. The number of aliphatic hydroxyl groups excluding tert-OH is 1. The number of amides is 1. The van der Waals surface area contributed by atoms with Crippen molar-refractivity contribution in [3.8, 4) is 11.8 Å². The van der Waals surface area contributed by atoms with Gasteiger partial charge in [-0.1, -0.05) is 17.9 Å². The van der Waals surface area contributed by atoms with Gasteiger partial charge in [-0.2, -0.15) is 0 Å². The topological polar surface area (TPSA) is 66.6 Å². The molecular weight excluding hydrogens is 240 g/mol. The van der Waals surface area contributed by atoms with Crippen molar-refractivity contribution in [2.24, 2.45) is 5.73 Å². The van der Waals surface area contributed by atoms with Crippen LogP contribution >= 0.6 is 0 Å². The van der Waals surface area contributed by atoms with Crippen LogP contribution in [0.3, 0.4) is 0 Å². The lowest BCUT2D eigenvalue weighted by Crippen LogP contribution is -2.30. The Morgan fingerprint density at radius 1 is 1.58 bits per heavy atom. The first-order chi connectivity index (χ1) is 9.11. The van der Waals surface area contributed by atoms with Gasteiger partial charge in [0.25, 0.3) is 5.91 Å². The Labute approximate surface area is 113 Å². The zero-order chi connectivity index (χ0) is 13.8. The molecule has 1 amide bonds.